The fourth-order valence-electron chi connectivity index (χ4n) is 3.31. The van der Waals surface area contributed by atoms with Gasteiger partial charge in [0.25, 0.3) is 0 Å². The van der Waals surface area contributed by atoms with Crippen molar-refractivity contribution in [3.63, 3.8) is 0 Å². The van der Waals surface area contributed by atoms with E-state index in [1.165, 1.54) is 0 Å². The summed E-state index contributed by atoms with van der Waals surface area (Å²) in [5.41, 5.74) is 0. The van der Waals surface area contributed by atoms with Gasteiger partial charge in [0.15, 0.2) is 18.4 Å². The second-order valence-electron chi connectivity index (χ2n) is 5.85. The summed E-state index contributed by atoms with van der Waals surface area (Å²) < 4.78 is 15.8. The van der Waals surface area contributed by atoms with Crippen LogP contribution in [0.4, 0.5) is 0 Å². The Morgan fingerprint density at radius 1 is 1.23 bits per heavy atom. The molecule has 1 heterocycles. The molecule has 6 nitrogen and oxygen atoms in total. The summed E-state index contributed by atoms with van der Waals surface area (Å²) in [4.78, 5) is 36.8. The molecule has 2 aliphatic rings. The van der Waals surface area contributed by atoms with Crippen molar-refractivity contribution >= 4 is 17.5 Å². The van der Waals surface area contributed by atoms with Crippen LogP contribution in [0.25, 0.3) is 0 Å². The van der Waals surface area contributed by atoms with Crippen molar-refractivity contribution in [2.75, 3.05) is 13.4 Å². The normalized spacial score (nSPS) is 24.4. The molecule has 0 aromatic carbocycles. The fourth-order valence-corrected chi connectivity index (χ4v) is 3.31. The predicted octanol–water partition coefficient (Wildman–Crippen LogP) is 1.99. The van der Waals surface area contributed by atoms with Gasteiger partial charge in [0.1, 0.15) is 0 Å². The average molecular weight is 312 g/mol. The summed E-state index contributed by atoms with van der Waals surface area (Å²) in [7, 11) is 0. The van der Waals surface area contributed by atoms with E-state index in [1.54, 1.807) is 6.92 Å². The van der Waals surface area contributed by atoms with Gasteiger partial charge < -0.3 is 14.2 Å². The molecule has 2 fully saturated rings. The van der Waals surface area contributed by atoms with E-state index in [1.807, 2.05) is 6.92 Å². The monoisotopic (exact) mass is 312 g/mol. The zero-order valence-corrected chi connectivity index (χ0v) is 13.3. The number of hydrogen-bond donors (Lipinski definition) is 0. The number of carbonyl (C=O) groups is 3. The third kappa shape index (κ3) is 3.22. The molecule has 1 aliphatic carbocycles. The zero-order valence-electron chi connectivity index (χ0n) is 13.3. The fraction of sp³-hybridized carbons (Fsp3) is 0.812. The summed E-state index contributed by atoms with van der Waals surface area (Å²) in [6.45, 7) is 3.82. The summed E-state index contributed by atoms with van der Waals surface area (Å²) in [5, 5.41) is 0. The number of carbonyl (C=O) groups excluding carboxylic acids is 3. The molecule has 124 valence electrons. The Bertz CT molecular complexity index is 440. The van der Waals surface area contributed by atoms with Crippen LogP contribution in [-0.4, -0.2) is 36.7 Å². The van der Waals surface area contributed by atoms with Crippen molar-refractivity contribution in [3.8, 4) is 0 Å². The molecule has 6 heteroatoms. The van der Waals surface area contributed by atoms with E-state index in [9.17, 15) is 14.4 Å². The Morgan fingerprint density at radius 3 is 2.50 bits per heavy atom. The summed E-state index contributed by atoms with van der Waals surface area (Å²) in [5.74, 6) is -4.18. The van der Waals surface area contributed by atoms with E-state index in [-0.39, 0.29) is 19.2 Å². The molecule has 2 unspecified atom stereocenters. The van der Waals surface area contributed by atoms with Gasteiger partial charge in [-0.05, 0) is 26.2 Å². The lowest BCUT2D eigenvalue weighted by atomic mass is 9.74. The van der Waals surface area contributed by atoms with Crippen LogP contribution in [-0.2, 0) is 28.6 Å². The first-order chi connectivity index (χ1) is 10.6. The van der Waals surface area contributed by atoms with Gasteiger partial charge >= 0.3 is 5.97 Å². The van der Waals surface area contributed by atoms with Crippen molar-refractivity contribution in [1.82, 2.24) is 0 Å². The van der Waals surface area contributed by atoms with Gasteiger partial charge in [0, 0.05) is 6.42 Å². The Hall–Kier alpha value is -1.27. The van der Waals surface area contributed by atoms with Crippen LogP contribution >= 0.6 is 0 Å². The maximum absolute atomic E-state index is 12.9. The minimum absolute atomic E-state index is 0.122. The van der Waals surface area contributed by atoms with E-state index in [0.717, 1.165) is 12.8 Å². The van der Waals surface area contributed by atoms with E-state index in [4.69, 9.17) is 14.2 Å². The average Bonchev–Trinajstić information content (AvgIpc) is 2.50. The molecule has 0 aromatic heterocycles. The van der Waals surface area contributed by atoms with Gasteiger partial charge in [0.05, 0.1) is 18.4 Å². The highest BCUT2D eigenvalue weighted by molar-refractivity contribution is 6.38. The van der Waals surface area contributed by atoms with E-state index in [2.05, 4.69) is 0 Å². The van der Waals surface area contributed by atoms with Crippen LogP contribution in [0.15, 0.2) is 0 Å². The van der Waals surface area contributed by atoms with Gasteiger partial charge in [-0.15, -0.1) is 0 Å². The van der Waals surface area contributed by atoms with E-state index < -0.39 is 29.4 Å². The molecule has 2 atom stereocenters. The van der Waals surface area contributed by atoms with Crippen LogP contribution in [0, 0.1) is 11.8 Å². The highest BCUT2D eigenvalue weighted by Gasteiger charge is 2.53. The Morgan fingerprint density at radius 2 is 1.95 bits per heavy atom. The minimum Gasteiger partial charge on any atom is -0.460 e. The number of Topliss-reactive ketones (excluding diaryl/α,β-unsaturated/α-hetero) is 2. The molecule has 1 saturated carbocycles. The maximum atomic E-state index is 12.9. The second-order valence-corrected chi connectivity index (χ2v) is 5.85. The van der Waals surface area contributed by atoms with Crippen molar-refractivity contribution in [1.29, 1.82) is 0 Å². The molecule has 22 heavy (non-hydrogen) atoms. The van der Waals surface area contributed by atoms with Gasteiger partial charge in [-0.25, -0.2) is 4.79 Å². The number of ketones is 2. The molecular formula is C16H24O6. The van der Waals surface area contributed by atoms with Crippen molar-refractivity contribution in [2.45, 2.75) is 58.2 Å². The molecule has 1 aliphatic heterocycles. The minimum atomic E-state index is -0.947. The molecular weight excluding hydrogens is 288 g/mol. The van der Waals surface area contributed by atoms with Gasteiger partial charge in [-0.1, -0.05) is 19.8 Å². The smallest absolute Gasteiger partial charge is 0.375 e. The number of ether oxygens (including phenoxy) is 3. The van der Waals surface area contributed by atoms with Gasteiger partial charge in [-0.3, -0.25) is 9.59 Å². The van der Waals surface area contributed by atoms with Gasteiger partial charge in [0.2, 0.25) is 5.78 Å². The molecule has 1 spiro atoms. The quantitative estimate of drug-likeness (QED) is 0.406. The maximum Gasteiger partial charge on any atom is 0.375 e. The van der Waals surface area contributed by atoms with Crippen molar-refractivity contribution < 1.29 is 28.6 Å². The number of hydrogen-bond acceptors (Lipinski definition) is 6. The highest BCUT2D eigenvalue weighted by atomic mass is 16.9. The van der Waals surface area contributed by atoms with E-state index in [0.29, 0.717) is 25.7 Å². The molecule has 0 aromatic rings. The lowest BCUT2D eigenvalue weighted by molar-refractivity contribution is -0.420. The standard InChI is InChI=1S/C16H24O6/c1-3-7-11(14(18)15(19)20-4-2)13(17)12-8-5-6-9-16(12)21-10-22-16/h11-12H,3-10H2,1-2H3. The van der Waals surface area contributed by atoms with Crippen molar-refractivity contribution in [2.24, 2.45) is 11.8 Å². The molecule has 1 saturated heterocycles. The number of esters is 1. The SMILES string of the molecule is CCCC(C(=O)C(=O)OCC)C(=O)C1CCCCC12OCO2. The molecule has 0 radical (unpaired) electrons. The Balaban J connectivity index is 2.14. The third-order valence-corrected chi connectivity index (χ3v) is 4.46. The Labute approximate surface area is 130 Å². The van der Waals surface area contributed by atoms with Crippen LogP contribution < -0.4 is 0 Å². The van der Waals surface area contributed by atoms with Crippen LogP contribution in [0.2, 0.25) is 0 Å². The summed E-state index contributed by atoms with van der Waals surface area (Å²) >= 11 is 0. The molecule has 0 bridgehead atoms. The molecule has 2 rings (SSSR count). The zero-order chi connectivity index (χ0) is 16.2. The first kappa shape index (κ1) is 17.1. The third-order valence-electron chi connectivity index (χ3n) is 4.46. The van der Waals surface area contributed by atoms with Crippen LogP contribution in [0.3, 0.4) is 0 Å². The van der Waals surface area contributed by atoms with E-state index >= 15 is 0 Å². The lowest BCUT2D eigenvalue weighted by Crippen LogP contribution is -2.58. The van der Waals surface area contributed by atoms with Crippen molar-refractivity contribution in [3.05, 3.63) is 0 Å². The summed E-state index contributed by atoms with van der Waals surface area (Å²) in [6.07, 6.45) is 4.13. The van der Waals surface area contributed by atoms with Crippen LogP contribution in [0.1, 0.15) is 52.4 Å². The molecule has 0 amide bonds. The summed E-state index contributed by atoms with van der Waals surface area (Å²) in [6, 6.07) is 0. The number of rotatable bonds is 7. The first-order valence-corrected chi connectivity index (χ1v) is 8.08. The van der Waals surface area contributed by atoms with Gasteiger partial charge in [-0.2, -0.15) is 0 Å². The second kappa shape index (κ2) is 7.33. The predicted molar refractivity (Wildman–Crippen MR) is 76.8 cm³/mol. The molecule has 0 N–H and O–H groups in total. The highest BCUT2D eigenvalue weighted by Crippen LogP contribution is 2.44. The van der Waals surface area contributed by atoms with Crippen LogP contribution in [0.5, 0.6) is 0 Å². The topological polar surface area (TPSA) is 78.9 Å². The largest absolute Gasteiger partial charge is 0.460 e. The lowest BCUT2D eigenvalue weighted by Gasteiger charge is -2.49. The Kier molecular flexibility index (Phi) is 5.69. The first-order valence-electron chi connectivity index (χ1n) is 8.08.